The molecule has 1 aliphatic heterocycles. The number of dihydropyridines is 1. The SMILES string of the molecule is CC1=C(C(=O)NCC=Cc2ccccc2)C(c2cccc(Cl)c2)C(C(=O)O[C@H](C)c2ccccc2)=C(C)N1. The molecule has 1 aliphatic rings. The predicted octanol–water partition coefficient (Wildman–Crippen LogP) is 6.71. The first-order valence-corrected chi connectivity index (χ1v) is 12.9. The lowest BCUT2D eigenvalue weighted by Gasteiger charge is -2.31. The maximum Gasteiger partial charge on any atom is 0.337 e. The summed E-state index contributed by atoms with van der Waals surface area (Å²) in [4.78, 5) is 27.2. The number of rotatable bonds is 8. The number of halogens is 1. The van der Waals surface area contributed by atoms with Crippen LogP contribution in [0.15, 0.2) is 114 Å². The molecule has 2 atom stereocenters. The molecule has 0 radical (unpaired) electrons. The van der Waals surface area contributed by atoms with Gasteiger partial charge in [-0.15, -0.1) is 0 Å². The zero-order valence-electron chi connectivity index (χ0n) is 21.7. The Morgan fingerprint density at radius 3 is 2.29 bits per heavy atom. The van der Waals surface area contributed by atoms with Crippen molar-refractivity contribution in [3.63, 3.8) is 0 Å². The van der Waals surface area contributed by atoms with Gasteiger partial charge in [0.2, 0.25) is 5.91 Å². The highest BCUT2D eigenvalue weighted by atomic mass is 35.5. The van der Waals surface area contributed by atoms with E-state index >= 15 is 0 Å². The molecule has 1 heterocycles. The Labute approximate surface area is 228 Å². The number of nitrogens with one attached hydrogen (secondary N) is 2. The summed E-state index contributed by atoms with van der Waals surface area (Å²) in [6.07, 6.45) is 3.38. The summed E-state index contributed by atoms with van der Waals surface area (Å²) in [5, 5.41) is 6.73. The number of allylic oxidation sites excluding steroid dienone is 2. The number of hydrogen-bond acceptors (Lipinski definition) is 4. The molecule has 0 spiro atoms. The van der Waals surface area contributed by atoms with E-state index in [1.165, 1.54) is 0 Å². The van der Waals surface area contributed by atoms with Crippen LogP contribution in [0.5, 0.6) is 0 Å². The minimum atomic E-state index is -0.650. The van der Waals surface area contributed by atoms with Gasteiger partial charge in [-0.1, -0.05) is 96.5 Å². The lowest BCUT2D eigenvalue weighted by atomic mass is 9.80. The van der Waals surface area contributed by atoms with Gasteiger partial charge in [-0.2, -0.15) is 0 Å². The standard InChI is InChI=1S/C32H31ClN2O3/c1-21-28(31(36)34-19-11-14-24-12-6-4-7-13-24)30(26-17-10-18-27(33)20-26)29(22(2)35-21)32(37)38-23(3)25-15-8-5-9-16-25/h4-18,20,23,30,35H,19H2,1-3H3,(H,34,36)/t23-,30?/m1/s1. The third-order valence-corrected chi connectivity index (χ3v) is 6.69. The molecule has 4 rings (SSSR count). The molecule has 1 unspecified atom stereocenters. The van der Waals surface area contributed by atoms with Gasteiger partial charge in [0, 0.05) is 28.5 Å². The van der Waals surface area contributed by atoms with Gasteiger partial charge >= 0.3 is 5.97 Å². The summed E-state index contributed by atoms with van der Waals surface area (Å²) in [7, 11) is 0. The summed E-state index contributed by atoms with van der Waals surface area (Å²) in [6.45, 7) is 5.83. The zero-order valence-corrected chi connectivity index (χ0v) is 22.5. The van der Waals surface area contributed by atoms with Crippen molar-refractivity contribution >= 4 is 29.6 Å². The second-order valence-corrected chi connectivity index (χ2v) is 9.61. The highest BCUT2D eigenvalue weighted by Crippen LogP contribution is 2.40. The fraction of sp³-hybridized carbons (Fsp3) is 0.188. The zero-order chi connectivity index (χ0) is 27.1. The molecular weight excluding hydrogens is 496 g/mol. The van der Waals surface area contributed by atoms with Crippen LogP contribution in [0.25, 0.3) is 6.08 Å². The number of carbonyl (C=O) groups is 2. The van der Waals surface area contributed by atoms with E-state index in [1.807, 2.05) is 106 Å². The monoisotopic (exact) mass is 526 g/mol. The molecule has 0 fully saturated rings. The van der Waals surface area contributed by atoms with Crippen molar-refractivity contribution in [1.29, 1.82) is 0 Å². The van der Waals surface area contributed by atoms with Crippen LogP contribution >= 0.6 is 11.6 Å². The fourth-order valence-corrected chi connectivity index (χ4v) is 4.81. The largest absolute Gasteiger partial charge is 0.454 e. The van der Waals surface area contributed by atoms with Crippen LogP contribution < -0.4 is 10.6 Å². The van der Waals surface area contributed by atoms with Crippen LogP contribution in [0.3, 0.4) is 0 Å². The van der Waals surface area contributed by atoms with Crippen LogP contribution in [0.2, 0.25) is 5.02 Å². The number of carbonyl (C=O) groups excluding carboxylic acids is 2. The second kappa shape index (κ2) is 12.4. The third-order valence-electron chi connectivity index (χ3n) is 6.45. The van der Waals surface area contributed by atoms with Crippen molar-refractivity contribution in [1.82, 2.24) is 10.6 Å². The van der Waals surface area contributed by atoms with Gasteiger partial charge in [0.15, 0.2) is 0 Å². The average molecular weight is 527 g/mol. The normalized spacial score (nSPS) is 16.3. The Kier molecular flexibility index (Phi) is 8.82. The first-order valence-electron chi connectivity index (χ1n) is 12.5. The summed E-state index contributed by atoms with van der Waals surface area (Å²) in [6, 6.07) is 26.7. The quantitative estimate of drug-likeness (QED) is 0.320. The Morgan fingerprint density at radius 2 is 1.61 bits per heavy atom. The molecule has 6 heteroatoms. The Balaban J connectivity index is 1.62. The average Bonchev–Trinajstić information content (AvgIpc) is 2.91. The van der Waals surface area contributed by atoms with E-state index in [2.05, 4.69) is 10.6 Å². The van der Waals surface area contributed by atoms with Crippen LogP contribution in [-0.2, 0) is 14.3 Å². The molecule has 3 aromatic rings. The van der Waals surface area contributed by atoms with E-state index in [9.17, 15) is 9.59 Å². The lowest BCUT2D eigenvalue weighted by Crippen LogP contribution is -2.36. The van der Waals surface area contributed by atoms with Crippen molar-refractivity contribution in [2.45, 2.75) is 32.8 Å². The number of esters is 1. The molecular formula is C32H31ClN2O3. The van der Waals surface area contributed by atoms with Crippen molar-refractivity contribution in [2.24, 2.45) is 0 Å². The van der Waals surface area contributed by atoms with E-state index < -0.39 is 18.0 Å². The number of ether oxygens (including phenoxy) is 1. The maximum absolute atomic E-state index is 13.6. The molecule has 194 valence electrons. The molecule has 1 amide bonds. The summed E-state index contributed by atoms with van der Waals surface area (Å²) in [5.74, 6) is -1.41. The molecule has 0 aliphatic carbocycles. The summed E-state index contributed by atoms with van der Waals surface area (Å²) >= 11 is 6.34. The van der Waals surface area contributed by atoms with Crippen molar-refractivity contribution < 1.29 is 14.3 Å². The van der Waals surface area contributed by atoms with E-state index in [0.29, 0.717) is 34.1 Å². The number of amides is 1. The molecule has 3 aromatic carbocycles. The fourth-order valence-electron chi connectivity index (χ4n) is 4.61. The molecule has 0 bridgehead atoms. The maximum atomic E-state index is 13.6. The molecule has 0 aromatic heterocycles. The molecule has 5 nitrogen and oxygen atoms in total. The number of benzene rings is 3. The van der Waals surface area contributed by atoms with Gasteiger partial charge in [-0.05, 0) is 49.6 Å². The van der Waals surface area contributed by atoms with E-state index in [-0.39, 0.29) is 5.91 Å². The van der Waals surface area contributed by atoms with Gasteiger partial charge in [0.1, 0.15) is 6.10 Å². The van der Waals surface area contributed by atoms with Gasteiger partial charge in [0.05, 0.1) is 11.5 Å². The Morgan fingerprint density at radius 1 is 0.947 bits per heavy atom. The summed E-state index contributed by atoms with van der Waals surface area (Å²) in [5.41, 5.74) is 4.81. The summed E-state index contributed by atoms with van der Waals surface area (Å²) < 4.78 is 5.90. The Hall–Kier alpha value is -4.09. The smallest absolute Gasteiger partial charge is 0.337 e. The van der Waals surface area contributed by atoms with Crippen LogP contribution in [0.4, 0.5) is 0 Å². The topological polar surface area (TPSA) is 67.4 Å². The number of hydrogen-bond donors (Lipinski definition) is 2. The van der Waals surface area contributed by atoms with Gasteiger partial charge in [-0.25, -0.2) is 4.79 Å². The van der Waals surface area contributed by atoms with E-state index in [0.717, 1.165) is 16.7 Å². The predicted molar refractivity (Wildman–Crippen MR) is 152 cm³/mol. The molecule has 38 heavy (non-hydrogen) atoms. The van der Waals surface area contributed by atoms with Crippen molar-refractivity contribution in [3.8, 4) is 0 Å². The second-order valence-electron chi connectivity index (χ2n) is 9.17. The van der Waals surface area contributed by atoms with Gasteiger partial charge < -0.3 is 15.4 Å². The highest BCUT2D eigenvalue weighted by molar-refractivity contribution is 6.30. The molecule has 0 saturated heterocycles. The highest BCUT2D eigenvalue weighted by Gasteiger charge is 2.37. The van der Waals surface area contributed by atoms with Gasteiger partial charge in [-0.3, -0.25) is 4.79 Å². The Bertz CT molecular complexity index is 1390. The minimum absolute atomic E-state index is 0.272. The first kappa shape index (κ1) is 27.0. The third kappa shape index (κ3) is 6.42. The molecule has 0 saturated carbocycles. The van der Waals surface area contributed by atoms with Crippen LogP contribution in [0, 0.1) is 0 Å². The van der Waals surface area contributed by atoms with Crippen LogP contribution in [-0.4, -0.2) is 18.4 Å². The minimum Gasteiger partial charge on any atom is -0.454 e. The first-order chi connectivity index (χ1) is 18.3. The van der Waals surface area contributed by atoms with Gasteiger partial charge in [0.25, 0.3) is 0 Å². The van der Waals surface area contributed by atoms with E-state index in [4.69, 9.17) is 16.3 Å². The van der Waals surface area contributed by atoms with Crippen molar-refractivity contribution in [3.05, 3.63) is 135 Å². The van der Waals surface area contributed by atoms with Crippen molar-refractivity contribution in [2.75, 3.05) is 6.54 Å². The lowest BCUT2D eigenvalue weighted by molar-refractivity contribution is -0.144. The molecule has 2 N–H and O–H groups in total. The van der Waals surface area contributed by atoms with Crippen LogP contribution in [0.1, 0.15) is 49.5 Å². The van der Waals surface area contributed by atoms with E-state index in [1.54, 1.807) is 12.1 Å².